The van der Waals surface area contributed by atoms with Crippen LogP contribution in [-0.2, 0) is 16.1 Å². The van der Waals surface area contributed by atoms with Crippen molar-refractivity contribution < 1.29 is 23.8 Å². The van der Waals surface area contributed by atoms with E-state index >= 15 is 0 Å². The Morgan fingerprint density at radius 3 is 2.66 bits per heavy atom. The third-order valence-electron chi connectivity index (χ3n) is 4.42. The molecule has 0 spiro atoms. The van der Waals surface area contributed by atoms with Gasteiger partial charge in [0.25, 0.3) is 5.91 Å². The zero-order valence-corrected chi connectivity index (χ0v) is 17.9. The Kier molecular flexibility index (Phi) is 5.68. The molecule has 0 atom stereocenters. The zero-order valence-electron chi connectivity index (χ0n) is 15.5. The highest BCUT2D eigenvalue weighted by Crippen LogP contribution is 2.35. The van der Waals surface area contributed by atoms with Gasteiger partial charge in [-0.3, -0.25) is 9.59 Å². The Balaban J connectivity index is 1.83. The lowest BCUT2D eigenvalue weighted by atomic mass is 10.2. The van der Waals surface area contributed by atoms with Crippen molar-refractivity contribution in [2.75, 3.05) is 20.3 Å². The lowest BCUT2D eigenvalue weighted by Crippen LogP contribution is -2.19. The summed E-state index contributed by atoms with van der Waals surface area (Å²) in [6.45, 7) is 1.29. The van der Waals surface area contributed by atoms with E-state index in [4.69, 9.17) is 14.2 Å². The van der Waals surface area contributed by atoms with Gasteiger partial charge >= 0.3 is 5.97 Å². The minimum atomic E-state index is -0.367. The zero-order chi connectivity index (χ0) is 20.4. The predicted octanol–water partition coefficient (Wildman–Crippen LogP) is 3.54. The summed E-state index contributed by atoms with van der Waals surface area (Å²) in [4.78, 5) is 29.3. The van der Waals surface area contributed by atoms with Gasteiger partial charge in [0, 0.05) is 23.2 Å². The number of carbonyl (C=O) groups is 2. The SMILES string of the molecule is COC(=O)CCn1c(=NC(=O)c2ccccc2Br)sc2cc3c(cc21)OCCO3. The number of nitrogens with zero attached hydrogens (tertiary/aromatic N) is 2. The van der Waals surface area contributed by atoms with E-state index in [1.165, 1.54) is 18.4 Å². The highest BCUT2D eigenvalue weighted by molar-refractivity contribution is 9.10. The number of ether oxygens (including phenoxy) is 3. The Morgan fingerprint density at radius 2 is 1.93 bits per heavy atom. The molecule has 3 aromatic rings. The molecule has 0 N–H and O–H groups in total. The van der Waals surface area contributed by atoms with E-state index in [1.54, 1.807) is 18.2 Å². The Bertz CT molecular complexity index is 1170. The van der Waals surface area contributed by atoms with Crippen molar-refractivity contribution in [3.63, 3.8) is 0 Å². The predicted molar refractivity (Wildman–Crippen MR) is 111 cm³/mol. The van der Waals surface area contributed by atoms with Crippen molar-refractivity contribution in [1.29, 1.82) is 0 Å². The molecule has 7 nitrogen and oxygen atoms in total. The molecule has 0 radical (unpaired) electrons. The van der Waals surface area contributed by atoms with Gasteiger partial charge in [-0.2, -0.15) is 4.99 Å². The Morgan fingerprint density at radius 1 is 1.21 bits per heavy atom. The average molecular weight is 477 g/mol. The van der Waals surface area contributed by atoms with Gasteiger partial charge in [-0.25, -0.2) is 0 Å². The number of methoxy groups -OCH3 is 1. The lowest BCUT2D eigenvalue weighted by molar-refractivity contribution is -0.140. The fourth-order valence-electron chi connectivity index (χ4n) is 2.99. The van der Waals surface area contributed by atoms with Crippen molar-refractivity contribution in [3.8, 4) is 11.5 Å². The third-order valence-corrected chi connectivity index (χ3v) is 6.15. The number of halogens is 1. The molecule has 9 heteroatoms. The van der Waals surface area contributed by atoms with Crippen LogP contribution in [0.25, 0.3) is 10.2 Å². The summed E-state index contributed by atoms with van der Waals surface area (Å²) in [7, 11) is 1.35. The second-order valence-electron chi connectivity index (χ2n) is 6.22. The van der Waals surface area contributed by atoms with Crippen molar-refractivity contribution >= 4 is 49.4 Å². The van der Waals surface area contributed by atoms with E-state index in [0.29, 0.717) is 46.1 Å². The maximum atomic E-state index is 12.8. The van der Waals surface area contributed by atoms with Crippen LogP contribution in [0.1, 0.15) is 16.8 Å². The summed E-state index contributed by atoms with van der Waals surface area (Å²) >= 11 is 4.75. The van der Waals surface area contributed by atoms with Crippen molar-refractivity contribution in [1.82, 2.24) is 4.57 Å². The van der Waals surface area contributed by atoms with Crippen LogP contribution < -0.4 is 14.3 Å². The number of fused-ring (bicyclic) bond motifs is 2. The standard InChI is InChI=1S/C20H17BrN2O5S/c1-26-18(24)6-7-23-14-10-15-16(28-9-8-27-15)11-17(14)29-20(23)22-19(25)12-4-2-3-5-13(12)21/h2-5,10-11H,6-9H2,1H3. The number of aromatic nitrogens is 1. The van der Waals surface area contributed by atoms with Crippen LogP contribution in [0.4, 0.5) is 0 Å². The normalized spacial score (nSPS) is 13.5. The third kappa shape index (κ3) is 4.06. The first-order valence-corrected chi connectivity index (χ1v) is 10.5. The van der Waals surface area contributed by atoms with Crippen LogP contribution in [-0.4, -0.2) is 36.8 Å². The summed E-state index contributed by atoms with van der Waals surface area (Å²) < 4.78 is 19.5. The second-order valence-corrected chi connectivity index (χ2v) is 8.09. The smallest absolute Gasteiger partial charge is 0.307 e. The van der Waals surface area contributed by atoms with Crippen LogP contribution in [0.5, 0.6) is 11.5 Å². The van der Waals surface area contributed by atoms with E-state index in [2.05, 4.69) is 20.9 Å². The van der Waals surface area contributed by atoms with Gasteiger partial charge in [0.1, 0.15) is 13.2 Å². The molecule has 1 aromatic heterocycles. The summed E-state index contributed by atoms with van der Waals surface area (Å²) in [5, 5.41) is 0. The molecular weight excluding hydrogens is 460 g/mol. The van der Waals surface area contributed by atoms with Gasteiger partial charge in [0.2, 0.25) is 0 Å². The van der Waals surface area contributed by atoms with Crippen LogP contribution in [0.2, 0.25) is 0 Å². The number of esters is 1. The number of amides is 1. The molecule has 2 aromatic carbocycles. The number of hydrogen-bond donors (Lipinski definition) is 0. The van der Waals surface area contributed by atoms with E-state index in [9.17, 15) is 9.59 Å². The van der Waals surface area contributed by atoms with Gasteiger partial charge in [0.15, 0.2) is 16.3 Å². The highest BCUT2D eigenvalue weighted by Gasteiger charge is 2.18. The minimum absolute atomic E-state index is 0.160. The van der Waals surface area contributed by atoms with Crippen molar-refractivity contribution in [2.45, 2.75) is 13.0 Å². The van der Waals surface area contributed by atoms with E-state index < -0.39 is 0 Å². The topological polar surface area (TPSA) is 79.1 Å². The molecule has 29 heavy (non-hydrogen) atoms. The maximum absolute atomic E-state index is 12.8. The van der Waals surface area contributed by atoms with E-state index in [0.717, 1.165) is 10.2 Å². The van der Waals surface area contributed by atoms with Gasteiger partial charge in [0.05, 0.1) is 29.3 Å². The molecule has 0 saturated carbocycles. The van der Waals surface area contributed by atoms with Gasteiger partial charge in [-0.05, 0) is 28.1 Å². The van der Waals surface area contributed by atoms with Crippen molar-refractivity contribution in [3.05, 3.63) is 51.2 Å². The quantitative estimate of drug-likeness (QED) is 0.538. The minimum Gasteiger partial charge on any atom is -0.486 e. The molecule has 0 fully saturated rings. The van der Waals surface area contributed by atoms with Crippen LogP contribution >= 0.6 is 27.3 Å². The molecule has 1 aliphatic heterocycles. The first kappa shape index (κ1) is 19.7. The number of benzene rings is 2. The average Bonchev–Trinajstić information content (AvgIpc) is 3.06. The van der Waals surface area contributed by atoms with Crippen LogP contribution in [0.3, 0.4) is 0 Å². The molecule has 0 bridgehead atoms. The second kappa shape index (κ2) is 8.38. The molecule has 1 amide bonds. The van der Waals surface area contributed by atoms with Crippen LogP contribution in [0, 0.1) is 0 Å². The molecule has 0 aliphatic carbocycles. The number of hydrogen-bond acceptors (Lipinski definition) is 6. The van der Waals surface area contributed by atoms with Crippen LogP contribution in [0.15, 0.2) is 45.9 Å². The fourth-order valence-corrected chi connectivity index (χ4v) is 4.51. The molecule has 0 unspecified atom stereocenters. The van der Waals surface area contributed by atoms with Gasteiger partial charge < -0.3 is 18.8 Å². The number of carbonyl (C=O) groups excluding carboxylic acids is 2. The molecule has 1 aliphatic rings. The number of aryl methyl sites for hydroxylation is 1. The van der Waals surface area contributed by atoms with Crippen molar-refractivity contribution in [2.24, 2.45) is 4.99 Å². The number of thiazole rings is 1. The monoisotopic (exact) mass is 476 g/mol. The summed E-state index contributed by atoms with van der Waals surface area (Å²) in [5.74, 6) is 0.594. The van der Waals surface area contributed by atoms with E-state index in [-0.39, 0.29) is 18.3 Å². The summed E-state index contributed by atoms with van der Waals surface area (Å²) in [6, 6.07) is 10.9. The highest BCUT2D eigenvalue weighted by atomic mass is 79.9. The maximum Gasteiger partial charge on any atom is 0.307 e. The van der Waals surface area contributed by atoms with Gasteiger partial charge in [-0.15, -0.1) is 0 Å². The van der Waals surface area contributed by atoms with Gasteiger partial charge in [-0.1, -0.05) is 23.5 Å². The molecular formula is C20H17BrN2O5S. The van der Waals surface area contributed by atoms with E-state index in [1.807, 2.05) is 22.8 Å². The molecule has 150 valence electrons. The largest absolute Gasteiger partial charge is 0.486 e. The number of rotatable bonds is 4. The Hall–Kier alpha value is -2.65. The summed E-state index contributed by atoms with van der Waals surface area (Å²) in [6.07, 6.45) is 0.160. The summed E-state index contributed by atoms with van der Waals surface area (Å²) in [5.41, 5.74) is 1.29. The lowest BCUT2D eigenvalue weighted by Gasteiger charge is -2.18. The first-order valence-electron chi connectivity index (χ1n) is 8.90. The first-order chi connectivity index (χ1) is 14.1. The Labute approximate surface area is 178 Å². The fraction of sp³-hybridized carbons (Fsp3) is 0.250. The molecule has 0 saturated heterocycles. The molecule has 4 rings (SSSR count). The molecule has 2 heterocycles.